The van der Waals surface area contributed by atoms with Crippen molar-refractivity contribution in [2.24, 2.45) is 5.73 Å². The molecule has 1 aliphatic carbocycles. The summed E-state index contributed by atoms with van der Waals surface area (Å²) in [6, 6.07) is 2.83. The molecule has 24 heavy (non-hydrogen) atoms. The highest BCUT2D eigenvalue weighted by molar-refractivity contribution is 7.21. The second-order valence-corrected chi connectivity index (χ2v) is 6.43. The lowest BCUT2D eigenvalue weighted by Gasteiger charge is -2.06. The van der Waals surface area contributed by atoms with Crippen molar-refractivity contribution in [2.75, 3.05) is 5.73 Å². The molecule has 0 spiro atoms. The number of amides is 1. The molecule has 0 radical (unpaired) electrons. The summed E-state index contributed by atoms with van der Waals surface area (Å²) in [5.74, 6) is 0.551. The van der Waals surface area contributed by atoms with Gasteiger partial charge in [0.05, 0.1) is 23.0 Å². The average molecular weight is 345 g/mol. The Morgan fingerprint density at radius 1 is 1.33 bits per heavy atom. The lowest BCUT2D eigenvalue weighted by atomic mass is 10.1. The molecule has 4 N–H and O–H groups in total. The van der Waals surface area contributed by atoms with Crippen molar-refractivity contribution >= 4 is 33.3 Å². The molecule has 3 heterocycles. The van der Waals surface area contributed by atoms with Crippen LogP contribution in [0.25, 0.3) is 21.6 Å². The van der Waals surface area contributed by atoms with Crippen molar-refractivity contribution in [1.82, 2.24) is 15.0 Å². The lowest BCUT2D eigenvalue weighted by molar-refractivity contribution is 0.212. The fourth-order valence-electron chi connectivity index (χ4n) is 2.41. The van der Waals surface area contributed by atoms with Gasteiger partial charge in [0.25, 0.3) is 0 Å². The molecule has 122 valence electrons. The molecular formula is C15H12FN5O2S. The Balaban J connectivity index is 1.96. The molecule has 1 aliphatic rings. The van der Waals surface area contributed by atoms with Crippen molar-refractivity contribution in [1.29, 1.82) is 0 Å². The number of nitrogen functional groups attached to an aromatic ring is 1. The summed E-state index contributed by atoms with van der Waals surface area (Å²) in [4.78, 5) is 24.8. The van der Waals surface area contributed by atoms with Gasteiger partial charge in [-0.15, -0.1) is 0 Å². The highest BCUT2D eigenvalue weighted by Crippen LogP contribution is 2.45. The fourth-order valence-corrected chi connectivity index (χ4v) is 3.37. The molecule has 3 aromatic heterocycles. The van der Waals surface area contributed by atoms with Gasteiger partial charge in [0.15, 0.2) is 0 Å². The first-order valence-corrected chi connectivity index (χ1v) is 8.03. The molecule has 1 fully saturated rings. The smallest absolute Gasteiger partial charge is 0.397 e. The quantitative estimate of drug-likeness (QED) is 0.754. The van der Waals surface area contributed by atoms with Gasteiger partial charge in [0, 0.05) is 5.92 Å². The maximum Gasteiger partial charge on any atom is 0.410 e. The van der Waals surface area contributed by atoms with Gasteiger partial charge in [-0.2, -0.15) is 0 Å². The van der Waals surface area contributed by atoms with Gasteiger partial charge in [0.2, 0.25) is 5.06 Å². The number of ether oxygens (including phenoxy) is 1. The molecule has 0 unspecified atom stereocenters. The van der Waals surface area contributed by atoms with E-state index >= 15 is 0 Å². The molecular weight excluding hydrogens is 333 g/mol. The van der Waals surface area contributed by atoms with E-state index in [0.29, 0.717) is 33.3 Å². The SMILES string of the molecule is NC(=O)Oc1sc2nc(C3CC3)nc(-c3ccc(F)cn3)c2c1N. The molecule has 4 rings (SSSR count). The van der Waals surface area contributed by atoms with E-state index in [1.54, 1.807) is 0 Å². The minimum absolute atomic E-state index is 0.170. The third-order valence-electron chi connectivity index (χ3n) is 3.68. The number of nitrogens with two attached hydrogens (primary N) is 2. The van der Waals surface area contributed by atoms with E-state index < -0.39 is 11.9 Å². The number of rotatable bonds is 3. The van der Waals surface area contributed by atoms with Crippen LogP contribution in [0.15, 0.2) is 18.3 Å². The summed E-state index contributed by atoms with van der Waals surface area (Å²) in [6.45, 7) is 0. The fraction of sp³-hybridized carbons (Fsp3) is 0.200. The van der Waals surface area contributed by atoms with Gasteiger partial charge in [-0.3, -0.25) is 4.98 Å². The molecule has 1 saturated carbocycles. The Bertz CT molecular complexity index is 953. The van der Waals surface area contributed by atoms with Crippen LogP contribution in [-0.4, -0.2) is 21.0 Å². The Morgan fingerprint density at radius 3 is 2.75 bits per heavy atom. The number of halogens is 1. The molecule has 0 saturated heterocycles. The zero-order chi connectivity index (χ0) is 16.8. The van der Waals surface area contributed by atoms with Crippen LogP contribution in [-0.2, 0) is 0 Å². The summed E-state index contributed by atoms with van der Waals surface area (Å²) in [5.41, 5.74) is 12.3. The average Bonchev–Trinajstić information content (AvgIpc) is 3.34. The Morgan fingerprint density at radius 2 is 2.12 bits per heavy atom. The highest BCUT2D eigenvalue weighted by atomic mass is 32.1. The summed E-state index contributed by atoms with van der Waals surface area (Å²) < 4.78 is 18.1. The van der Waals surface area contributed by atoms with E-state index in [1.807, 2.05) is 0 Å². The van der Waals surface area contributed by atoms with Crippen LogP contribution >= 0.6 is 11.3 Å². The zero-order valence-electron chi connectivity index (χ0n) is 12.3. The highest BCUT2D eigenvalue weighted by Gasteiger charge is 2.29. The number of anilines is 1. The number of hydrogen-bond acceptors (Lipinski definition) is 7. The normalized spacial score (nSPS) is 14.0. The van der Waals surface area contributed by atoms with Crippen LogP contribution in [0.4, 0.5) is 14.9 Å². The van der Waals surface area contributed by atoms with Crippen LogP contribution in [0.2, 0.25) is 0 Å². The van der Waals surface area contributed by atoms with Gasteiger partial charge in [-0.05, 0) is 25.0 Å². The predicted octanol–water partition coefficient (Wildman–Crippen LogP) is 2.81. The standard InChI is InChI=1S/C15H12FN5O2S/c16-7-3-4-8(19-5-7)11-9-10(17)14(23-15(18)22)24-13(9)21-12(20-11)6-1-2-6/h3-6H,1-2,17H2,(H2,18,22). The van der Waals surface area contributed by atoms with E-state index in [-0.39, 0.29) is 10.8 Å². The number of nitrogens with zero attached hydrogens (tertiary/aromatic N) is 3. The van der Waals surface area contributed by atoms with Gasteiger partial charge >= 0.3 is 6.09 Å². The first-order chi connectivity index (χ1) is 11.5. The van der Waals surface area contributed by atoms with E-state index in [0.717, 1.165) is 30.4 Å². The van der Waals surface area contributed by atoms with Crippen LogP contribution in [0.3, 0.4) is 0 Å². The molecule has 0 bridgehead atoms. The second-order valence-electron chi connectivity index (χ2n) is 5.47. The maximum absolute atomic E-state index is 13.2. The summed E-state index contributed by atoms with van der Waals surface area (Å²) in [7, 11) is 0. The van der Waals surface area contributed by atoms with Gasteiger partial charge in [0.1, 0.15) is 22.2 Å². The van der Waals surface area contributed by atoms with E-state index in [9.17, 15) is 9.18 Å². The maximum atomic E-state index is 13.2. The molecule has 0 aliphatic heterocycles. The number of pyridine rings is 1. The second kappa shape index (κ2) is 5.38. The first-order valence-electron chi connectivity index (χ1n) is 7.22. The van der Waals surface area contributed by atoms with Gasteiger partial charge in [-0.1, -0.05) is 11.3 Å². The molecule has 3 aromatic rings. The number of aromatic nitrogens is 3. The number of fused-ring (bicyclic) bond motifs is 1. The van der Waals surface area contributed by atoms with Crippen molar-refractivity contribution in [3.05, 3.63) is 30.0 Å². The summed E-state index contributed by atoms with van der Waals surface area (Å²) in [6.07, 6.45) is 2.20. The third kappa shape index (κ3) is 2.52. The number of carbonyl (C=O) groups is 1. The Hall–Kier alpha value is -2.81. The molecule has 9 heteroatoms. The number of thiophene rings is 1. The number of hydrogen-bond donors (Lipinski definition) is 2. The molecule has 1 amide bonds. The Labute approximate surface area is 139 Å². The lowest BCUT2D eigenvalue weighted by Crippen LogP contribution is -2.16. The minimum atomic E-state index is -0.954. The van der Waals surface area contributed by atoms with E-state index in [2.05, 4.69) is 15.0 Å². The van der Waals surface area contributed by atoms with Gasteiger partial charge < -0.3 is 16.2 Å². The van der Waals surface area contributed by atoms with Crippen molar-refractivity contribution < 1.29 is 13.9 Å². The molecule has 7 nitrogen and oxygen atoms in total. The monoisotopic (exact) mass is 345 g/mol. The summed E-state index contributed by atoms with van der Waals surface area (Å²) in [5, 5.41) is 0.697. The van der Waals surface area contributed by atoms with E-state index in [4.69, 9.17) is 16.2 Å². The summed E-state index contributed by atoms with van der Waals surface area (Å²) >= 11 is 1.12. The first kappa shape index (κ1) is 14.8. The largest absolute Gasteiger partial charge is 0.410 e. The van der Waals surface area contributed by atoms with Crippen molar-refractivity contribution in [3.63, 3.8) is 0 Å². The van der Waals surface area contributed by atoms with Crippen LogP contribution in [0, 0.1) is 5.82 Å². The topological polar surface area (TPSA) is 117 Å². The Kier molecular flexibility index (Phi) is 3.31. The zero-order valence-corrected chi connectivity index (χ0v) is 13.1. The van der Waals surface area contributed by atoms with Crippen LogP contribution in [0.5, 0.6) is 5.06 Å². The van der Waals surface area contributed by atoms with Crippen LogP contribution in [0.1, 0.15) is 24.6 Å². The molecule has 0 atom stereocenters. The van der Waals surface area contributed by atoms with Crippen molar-refractivity contribution in [3.8, 4) is 16.5 Å². The van der Waals surface area contributed by atoms with Gasteiger partial charge in [-0.25, -0.2) is 19.2 Å². The number of carbonyl (C=O) groups excluding carboxylic acids is 1. The van der Waals surface area contributed by atoms with E-state index in [1.165, 1.54) is 12.1 Å². The van der Waals surface area contributed by atoms with Crippen molar-refractivity contribution in [2.45, 2.75) is 18.8 Å². The minimum Gasteiger partial charge on any atom is -0.397 e. The molecule has 0 aromatic carbocycles. The van der Waals surface area contributed by atoms with Crippen LogP contribution < -0.4 is 16.2 Å². The number of primary amides is 1. The third-order valence-corrected chi connectivity index (χ3v) is 4.65. The predicted molar refractivity (Wildman–Crippen MR) is 87.2 cm³/mol.